The first-order valence-corrected chi connectivity index (χ1v) is 7.80. The lowest BCUT2D eigenvalue weighted by Crippen LogP contribution is -2.19. The first-order chi connectivity index (χ1) is 10.2. The average molecular weight is 302 g/mol. The number of thiophene rings is 1. The number of hydrogen-bond donors (Lipinski definition) is 1. The van der Waals surface area contributed by atoms with Gasteiger partial charge in [-0.05, 0) is 48.9 Å². The van der Waals surface area contributed by atoms with E-state index in [0.717, 1.165) is 24.8 Å². The van der Waals surface area contributed by atoms with Crippen molar-refractivity contribution in [1.29, 1.82) is 0 Å². The maximum Gasteiger partial charge on any atom is 0.272 e. The quantitative estimate of drug-likeness (QED) is 0.684. The van der Waals surface area contributed by atoms with Crippen molar-refractivity contribution in [3.8, 4) is 0 Å². The Balaban J connectivity index is 1.68. The van der Waals surface area contributed by atoms with E-state index in [4.69, 9.17) is 0 Å². The van der Waals surface area contributed by atoms with Crippen molar-refractivity contribution >= 4 is 23.5 Å². The van der Waals surface area contributed by atoms with Gasteiger partial charge in [0.05, 0.1) is 11.8 Å². The molecule has 0 unspecified atom stereocenters. The zero-order valence-corrected chi connectivity index (χ0v) is 12.3. The highest BCUT2D eigenvalue weighted by Gasteiger charge is 2.19. The standard InChI is InChI=1S/C16H15FN2OS/c17-12-5-3-4-11(8-12)9-18-19-16(20)14-10-21-15-7-2-1-6-13(14)15/h3-5,8-10H,1-2,6-7H2,(H,19,20)/b18-9-. The first kappa shape index (κ1) is 13.9. The second kappa shape index (κ2) is 6.18. The maximum absolute atomic E-state index is 13.0. The molecule has 21 heavy (non-hydrogen) atoms. The predicted octanol–water partition coefficient (Wildman–Crippen LogP) is 3.53. The van der Waals surface area contributed by atoms with E-state index >= 15 is 0 Å². The summed E-state index contributed by atoms with van der Waals surface area (Å²) in [5.74, 6) is -0.515. The van der Waals surface area contributed by atoms with Crippen molar-refractivity contribution in [2.75, 3.05) is 0 Å². The topological polar surface area (TPSA) is 41.5 Å². The number of fused-ring (bicyclic) bond motifs is 1. The minimum Gasteiger partial charge on any atom is -0.267 e. The molecular formula is C16H15FN2OS. The molecule has 108 valence electrons. The fraction of sp³-hybridized carbons (Fsp3) is 0.250. The molecule has 0 spiro atoms. The van der Waals surface area contributed by atoms with Crippen LogP contribution in [-0.4, -0.2) is 12.1 Å². The van der Waals surface area contributed by atoms with E-state index in [1.165, 1.54) is 35.2 Å². The van der Waals surface area contributed by atoms with E-state index in [1.807, 2.05) is 5.38 Å². The Morgan fingerprint density at radius 2 is 2.19 bits per heavy atom. The Labute approximate surface area is 126 Å². The number of hydrogen-bond acceptors (Lipinski definition) is 3. The molecule has 0 radical (unpaired) electrons. The van der Waals surface area contributed by atoms with Gasteiger partial charge in [-0.25, -0.2) is 9.82 Å². The van der Waals surface area contributed by atoms with Crippen LogP contribution in [0.4, 0.5) is 4.39 Å². The highest BCUT2D eigenvalue weighted by Crippen LogP contribution is 2.30. The van der Waals surface area contributed by atoms with Crippen LogP contribution in [0.15, 0.2) is 34.7 Å². The van der Waals surface area contributed by atoms with Crippen LogP contribution >= 0.6 is 11.3 Å². The summed E-state index contributed by atoms with van der Waals surface area (Å²) in [5, 5.41) is 5.81. The van der Waals surface area contributed by atoms with Gasteiger partial charge in [0.2, 0.25) is 0 Å². The minimum atomic E-state index is -0.322. The number of hydrazone groups is 1. The normalized spacial score (nSPS) is 14.1. The minimum absolute atomic E-state index is 0.193. The molecule has 1 aliphatic rings. The summed E-state index contributed by atoms with van der Waals surface area (Å²) in [5.41, 5.74) is 5.03. The molecule has 1 heterocycles. The number of carbonyl (C=O) groups excluding carboxylic acids is 1. The zero-order chi connectivity index (χ0) is 14.7. The van der Waals surface area contributed by atoms with Gasteiger partial charge in [0.25, 0.3) is 5.91 Å². The van der Waals surface area contributed by atoms with Crippen molar-refractivity contribution in [1.82, 2.24) is 5.43 Å². The monoisotopic (exact) mass is 302 g/mol. The van der Waals surface area contributed by atoms with Crippen molar-refractivity contribution in [3.05, 3.63) is 57.0 Å². The molecule has 2 aromatic rings. The Morgan fingerprint density at radius 1 is 1.33 bits per heavy atom. The fourth-order valence-electron chi connectivity index (χ4n) is 2.50. The van der Waals surface area contributed by atoms with Gasteiger partial charge in [-0.15, -0.1) is 11.3 Å². The van der Waals surface area contributed by atoms with Crippen molar-refractivity contribution in [2.45, 2.75) is 25.7 Å². The van der Waals surface area contributed by atoms with Crippen LogP contribution in [0.25, 0.3) is 0 Å². The van der Waals surface area contributed by atoms with Gasteiger partial charge < -0.3 is 0 Å². The fourth-order valence-corrected chi connectivity index (χ4v) is 3.62. The molecule has 1 N–H and O–H groups in total. The van der Waals surface area contributed by atoms with E-state index in [-0.39, 0.29) is 11.7 Å². The predicted molar refractivity (Wildman–Crippen MR) is 82.4 cm³/mol. The van der Waals surface area contributed by atoms with Crippen LogP contribution < -0.4 is 5.43 Å². The van der Waals surface area contributed by atoms with E-state index in [0.29, 0.717) is 5.56 Å². The van der Waals surface area contributed by atoms with Gasteiger partial charge in [0, 0.05) is 10.3 Å². The molecule has 0 bridgehead atoms. The summed E-state index contributed by atoms with van der Waals surface area (Å²) in [4.78, 5) is 13.5. The molecule has 5 heteroatoms. The summed E-state index contributed by atoms with van der Waals surface area (Å²) >= 11 is 1.65. The van der Waals surface area contributed by atoms with Gasteiger partial charge >= 0.3 is 0 Å². The average Bonchev–Trinajstić information content (AvgIpc) is 2.91. The van der Waals surface area contributed by atoms with E-state index in [1.54, 1.807) is 23.5 Å². The molecule has 3 rings (SSSR count). The van der Waals surface area contributed by atoms with E-state index in [2.05, 4.69) is 10.5 Å². The third-order valence-electron chi connectivity index (χ3n) is 3.53. The van der Waals surface area contributed by atoms with Crippen molar-refractivity contribution in [2.24, 2.45) is 5.10 Å². The second-order valence-electron chi connectivity index (χ2n) is 5.01. The summed E-state index contributed by atoms with van der Waals surface area (Å²) in [6.07, 6.45) is 5.82. The van der Waals surface area contributed by atoms with Gasteiger partial charge in [0.15, 0.2) is 0 Å². The number of rotatable bonds is 3. The maximum atomic E-state index is 13.0. The molecule has 0 saturated heterocycles. The Kier molecular flexibility index (Phi) is 4.10. The molecule has 1 amide bonds. The molecule has 1 aromatic carbocycles. The Hall–Kier alpha value is -2.01. The number of amides is 1. The van der Waals surface area contributed by atoms with E-state index < -0.39 is 0 Å². The van der Waals surface area contributed by atoms with Gasteiger partial charge in [-0.1, -0.05) is 12.1 Å². The number of nitrogens with zero attached hydrogens (tertiary/aromatic N) is 1. The van der Waals surface area contributed by atoms with Gasteiger partial charge in [0.1, 0.15) is 5.82 Å². The molecule has 0 fully saturated rings. The van der Waals surface area contributed by atoms with Crippen LogP contribution in [0.5, 0.6) is 0 Å². The lowest BCUT2D eigenvalue weighted by Gasteiger charge is -2.11. The summed E-state index contributed by atoms with van der Waals surface area (Å²) in [6, 6.07) is 6.06. The largest absolute Gasteiger partial charge is 0.272 e. The van der Waals surface area contributed by atoms with Crippen LogP contribution in [0.3, 0.4) is 0 Å². The summed E-state index contributed by atoms with van der Waals surface area (Å²) < 4.78 is 13.0. The number of halogens is 1. The third-order valence-corrected chi connectivity index (χ3v) is 4.62. The molecule has 1 aromatic heterocycles. The van der Waals surface area contributed by atoms with E-state index in [9.17, 15) is 9.18 Å². The lowest BCUT2D eigenvalue weighted by atomic mass is 9.96. The second-order valence-corrected chi connectivity index (χ2v) is 5.98. The van der Waals surface area contributed by atoms with Gasteiger partial charge in [-0.2, -0.15) is 5.10 Å². The Morgan fingerprint density at radius 3 is 3.05 bits per heavy atom. The molecule has 0 atom stereocenters. The summed E-state index contributed by atoms with van der Waals surface area (Å²) in [7, 11) is 0. The zero-order valence-electron chi connectivity index (χ0n) is 11.4. The van der Waals surface area contributed by atoms with Crippen LogP contribution in [-0.2, 0) is 12.8 Å². The SMILES string of the molecule is O=C(N/N=C\c1cccc(F)c1)c1csc2c1CCCC2. The van der Waals surface area contributed by atoms with Crippen LogP contribution in [0.2, 0.25) is 0 Å². The first-order valence-electron chi connectivity index (χ1n) is 6.92. The lowest BCUT2D eigenvalue weighted by molar-refractivity contribution is 0.0954. The third kappa shape index (κ3) is 3.19. The van der Waals surface area contributed by atoms with Crippen molar-refractivity contribution < 1.29 is 9.18 Å². The number of aryl methyl sites for hydroxylation is 1. The molecule has 0 aliphatic heterocycles. The molecule has 3 nitrogen and oxygen atoms in total. The molecular weight excluding hydrogens is 287 g/mol. The molecule has 0 saturated carbocycles. The highest BCUT2D eigenvalue weighted by molar-refractivity contribution is 7.10. The number of benzene rings is 1. The van der Waals surface area contributed by atoms with Crippen molar-refractivity contribution in [3.63, 3.8) is 0 Å². The van der Waals surface area contributed by atoms with Gasteiger partial charge in [-0.3, -0.25) is 4.79 Å². The van der Waals surface area contributed by atoms with Crippen LogP contribution in [0, 0.1) is 5.82 Å². The molecule has 1 aliphatic carbocycles. The van der Waals surface area contributed by atoms with Crippen LogP contribution in [0.1, 0.15) is 39.2 Å². The highest BCUT2D eigenvalue weighted by atomic mass is 32.1. The smallest absolute Gasteiger partial charge is 0.267 e. The number of nitrogens with one attached hydrogen (secondary N) is 1. The summed E-state index contributed by atoms with van der Waals surface area (Å²) in [6.45, 7) is 0. The number of carbonyl (C=O) groups is 1. The Bertz CT molecular complexity index is 693.